The van der Waals surface area contributed by atoms with E-state index in [-0.39, 0.29) is 5.56 Å². The quantitative estimate of drug-likeness (QED) is 0.742. The van der Waals surface area contributed by atoms with Gasteiger partial charge in [-0.2, -0.15) is 0 Å². The molecule has 72 valence electrons. The first kappa shape index (κ1) is 10.5. The van der Waals surface area contributed by atoms with Gasteiger partial charge in [0.1, 0.15) is 5.82 Å². The molecule has 0 aliphatic carbocycles. The Labute approximate surface area is 82.2 Å². The molecule has 1 nitrogen and oxygen atoms in total. The van der Waals surface area contributed by atoms with Gasteiger partial charge in [0.25, 0.3) is 0 Å². The van der Waals surface area contributed by atoms with E-state index >= 15 is 0 Å². The molecular formula is C10H12ClFO. The van der Waals surface area contributed by atoms with Crippen LogP contribution in [0.5, 0.6) is 0 Å². The number of aliphatic hydroxyl groups is 1. The number of halogens is 2. The lowest BCUT2D eigenvalue weighted by Crippen LogP contribution is -2.17. The van der Waals surface area contributed by atoms with Crippen molar-refractivity contribution >= 4 is 11.6 Å². The Kier molecular flexibility index (Phi) is 2.64. The Bertz CT molecular complexity index is 328. The maximum atomic E-state index is 13.3. The molecule has 1 rings (SSSR count). The molecule has 0 fully saturated rings. The normalized spacial score (nSPS) is 11.8. The monoisotopic (exact) mass is 202 g/mol. The van der Waals surface area contributed by atoms with Crippen LogP contribution in [0.3, 0.4) is 0 Å². The van der Waals surface area contributed by atoms with E-state index in [0.29, 0.717) is 10.6 Å². The minimum Gasteiger partial charge on any atom is -0.386 e. The summed E-state index contributed by atoms with van der Waals surface area (Å²) in [6, 6.07) is 2.79. The highest BCUT2D eigenvalue weighted by Gasteiger charge is 2.21. The van der Waals surface area contributed by atoms with Crippen molar-refractivity contribution in [3.8, 4) is 0 Å². The molecule has 0 bridgehead atoms. The minimum atomic E-state index is -1.19. The third-order valence-corrected chi connectivity index (χ3v) is 2.31. The van der Waals surface area contributed by atoms with E-state index in [1.807, 2.05) is 0 Å². The molecule has 0 aliphatic heterocycles. The molecule has 0 unspecified atom stereocenters. The molecule has 1 aromatic carbocycles. The fourth-order valence-corrected chi connectivity index (χ4v) is 1.28. The molecule has 0 saturated carbocycles. The molecule has 0 heterocycles. The van der Waals surface area contributed by atoms with Crippen LogP contribution < -0.4 is 0 Å². The van der Waals surface area contributed by atoms with Gasteiger partial charge in [0, 0.05) is 10.6 Å². The lowest BCUT2D eigenvalue weighted by molar-refractivity contribution is 0.0745. The molecular weight excluding hydrogens is 191 g/mol. The molecule has 1 aromatic rings. The molecule has 0 spiro atoms. The summed E-state index contributed by atoms with van der Waals surface area (Å²) in [4.78, 5) is 0. The molecule has 3 heteroatoms. The Morgan fingerprint density at radius 1 is 1.38 bits per heavy atom. The molecule has 0 saturated heterocycles. The lowest BCUT2D eigenvalue weighted by atomic mass is 9.97. The van der Waals surface area contributed by atoms with Gasteiger partial charge in [-0.25, -0.2) is 4.39 Å². The second kappa shape index (κ2) is 3.28. The highest BCUT2D eigenvalue weighted by Crippen LogP contribution is 2.27. The van der Waals surface area contributed by atoms with Crippen molar-refractivity contribution in [2.45, 2.75) is 26.4 Å². The Balaban J connectivity index is 3.32. The van der Waals surface area contributed by atoms with Crippen molar-refractivity contribution in [3.05, 3.63) is 34.1 Å². The highest BCUT2D eigenvalue weighted by atomic mass is 35.5. The topological polar surface area (TPSA) is 20.2 Å². The van der Waals surface area contributed by atoms with Gasteiger partial charge < -0.3 is 5.11 Å². The molecule has 0 amide bonds. The van der Waals surface area contributed by atoms with Gasteiger partial charge in [-0.05, 0) is 38.5 Å². The maximum absolute atomic E-state index is 13.3. The highest BCUT2D eigenvalue weighted by molar-refractivity contribution is 6.31. The SMILES string of the molecule is Cc1cc(F)c(C(C)(C)O)cc1Cl. The molecule has 0 aromatic heterocycles. The number of hydrogen-bond acceptors (Lipinski definition) is 1. The zero-order valence-corrected chi connectivity index (χ0v) is 8.61. The first-order chi connectivity index (χ1) is 5.82. The summed E-state index contributed by atoms with van der Waals surface area (Å²) in [6.07, 6.45) is 0. The zero-order chi connectivity index (χ0) is 10.2. The van der Waals surface area contributed by atoms with Crippen LogP contribution in [0.15, 0.2) is 12.1 Å². The Morgan fingerprint density at radius 2 is 1.92 bits per heavy atom. The second-order valence-electron chi connectivity index (χ2n) is 3.64. The summed E-state index contributed by atoms with van der Waals surface area (Å²) in [5, 5.41) is 10.1. The molecule has 0 radical (unpaired) electrons. The summed E-state index contributed by atoms with van der Waals surface area (Å²) in [5.74, 6) is -0.422. The standard InChI is InChI=1S/C10H12ClFO/c1-6-4-9(12)7(5-8(6)11)10(2,3)13/h4-5,13H,1-3H3. The van der Waals surface area contributed by atoms with E-state index < -0.39 is 11.4 Å². The average molecular weight is 203 g/mol. The van der Waals surface area contributed by atoms with Crippen LogP contribution >= 0.6 is 11.6 Å². The number of benzene rings is 1. The van der Waals surface area contributed by atoms with Crippen LogP contribution in [-0.2, 0) is 5.60 Å². The molecule has 1 N–H and O–H groups in total. The van der Waals surface area contributed by atoms with Crippen molar-refractivity contribution in [2.75, 3.05) is 0 Å². The van der Waals surface area contributed by atoms with E-state index in [1.165, 1.54) is 26.0 Å². The van der Waals surface area contributed by atoms with Gasteiger partial charge in [0.2, 0.25) is 0 Å². The number of hydrogen-bond donors (Lipinski definition) is 1. The Hall–Kier alpha value is -0.600. The van der Waals surface area contributed by atoms with Crippen molar-refractivity contribution < 1.29 is 9.50 Å². The van der Waals surface area contributed by atoms with Gasteiger partial charge in [-0.3, -0.25) is 0 Å². The predicted molar refractivity (Wildman–Crippen MR) is 51.4 cm³/mol. The van der Waals surface area contributed by atoms with Crippen LogP contribution in [0.1, 0.15) is 25.0 Å². The number of rotatable bonds is 1. The van der Waals surface area contributed by atoms with Crippen molar-refractivity contribution in [2.24, 2.45) is 0 Å². The van der Waals surface area contributed by atoms with Gasteiger partial charge in [-0.15, -0.1) is 0 Å². The van der Waals surface area contributed by atoms with Crippen LogP contribution in [0.4, 0.5) is 4.39 Å². The maximum Gasteiger partial charge on any atom is 0.129 e. The van der Waals surface area contributed by atoms with Gasteiger partial charge >= 0.3 is 0 Å². The van der Waals surface area contributed by atoms with Crippen LogP contribution in [-0.4, -0.2) is 5.11 Å². The predicted octanol–water partition coefficient (Wildman–Crippen LogP) is 3.01. The summed E-state index contributed by atoms with van der Waals surface area (Å²) in [6.45, 7) is 4.77. The van der Waals surface area contributed by atoms with Gasteiger partial charge in [0.05, 0.1) is 5.60 Å². The fourth-order valence-electron chi connectivity index (χ4n) is 1.12. The second-order valence-corrected chi connectivity index (χ2v) is 4.05. The average Bonchev–Trinajstić information content (AvgIpc) is 1.94. The van der Waals surface area contributed by atoms with E-state index in [2.05, 4.69) is 0 Å². The molecule has 0 atom stereocenters. The first-order valence-electron chi connectivity index (χ1n) is 4.01. The minimum absolute atomic E-state index is 0.225. The van der Waals surface area contributed by atoms with E-state index in [9.17, 15) is 9.50 Å². The third-order valence-electron chi connectivity index (χ3n) is 1.91. The van der Waals surface area contributed by atoms with Gasteiger partial charge in [0.15, 0.2) is 0 Å². The van der Waals surface area contributed by atoms with Crippen LogP contribution in [0, 0.1) is 12.7 Å². The van der Waals surface area contributed by atoms with Crippen LogP contribution in [0.25, 0.3) is 0 Å². The first-order valence-corrected chi connectivity index (χ1v) is 4.38. The van der Waals surface area contributed by atoms with Crippen LogP contribution in [0.2, 0.25) is 5.02 Å². The van der Waals surface area contributed by atoms with E-state index in [1.54, 1.807) is 6.92 Å². The smallest absolute Gasteiger partial charge is 0.129 e. The zero-order valence-electron chi connectivity index (χ0n) is 7.86. The Morgan fingerprint density at radius 3 is 2.38 bits per heavy atom. The lowest BCUT2D eigenvalue weighted by Gasteiger charge is -2.19. The molecule has 13 heavy (non-hydrogen) atoms. The van der Waals surface area contributed by atoms with Crippen molar-refractivity contribution in [1.29, 1.82) is 0 Å². The summed E-state index contributed by atoms with van der Waals surface area (Å²) in [7, 11) is 0. The number of aryl methyl sites for hydroxylation is 1. The third kappa shape index (κ3) is 2.20. The van der Waals surface area contributed by atoms with E-state index in [4.69, 9.17) is 11.6 Å². The fraction of sp³-hybridized carbons (Fsp3) is 0.400. The largest absolute Gasteiger partial charge is 0.386 e. The van der Waals surface area contributed by atoms with E-state index in [0.717, 1.165) is 0 Å². The summed E-state index contributed by atoms with van der Waals surface area (Å²) in [5.41, 5.74) is -0.295. The summed E-state index contributed by atoms with van der Waals surface area (Å²) < 4.78 is 13.3. The van der Waals surface area contributed by atoms with Gasteiger partial charge in [-0.1, -0.05) is 11.6 Å². The van der Waals surface area contributed by atoms with Crippen molar-refractivity contribution in [3.63, 3.8) is 0 Å². The molecule has 0 aliphatic rings. The summed E-state index contributed by atoms with van der Waals surface area (Å²) >= 11 is 5.81. The van der Waals surface area contributed by atoms with Crippen molar-refractivity contribution in [1.82, 2.24) is 0 Å².